The monoisotopic (exact) mass is 268 g/mol. The minimum atomic E-state index is -0.784. The number of nitriles is 1. The molecule has 2 amide bonds. The topological polar surface area (TPSA) is 70.0 Å². The van der Waals surface area contributed by atoms with Gasteiger partial charge in [-0.25, -0.2) is 0 Å². The summed E-state index contributed by atoms with van der Waals surface area (Å²) < 4.78 is 0. The van der Waals surface area contributed by atoms with Crippen molar-refractivity contribution in [1.29, 1.82) is 5.26 Å². The predicted molar refractivity (Wildman–Crippen MR) is 72.3 cm³/mol. The highest BCUT2D eigenvalue weighted by Crippen LogP contribution is 2.53. The standard InChI is InChI=1S/C16H16N2O2/c17-10-12-13(11-6-2-1-3-7-11)16(8-4-5-9-16)15(20)18-14(12)19/h1-3,6-7,12-13H,4-5,8-9H2,(H,18,19,20). The molecule has 2 atom stereocenters. The lowest BCUT2D eigenvalue weighted by Crippen LogP contribution is -2.56. The molecule has 20 heavy (non-hydrogen) atoms. The Morgan fingerprint density at radius 1 is 1.15 bits per heavy atom. The third-order valence-corrected chi connectivity index (χ3v) is 4.69. The summed E-state index contributed by atoms with van der Waals surface area (Å²) >= 11 is 0. The summed E-state index contributed by atoms with van der Waals surface area (Å²) in [6.45, 7) is 0. The summed E-state index contributed by atoms with van der Waals surface area (Å²) in [5.41, 5.74) is 0.333. The molecule has 1 heterocycles. The number of hydrogen-bond acceptors (Lipinski definition) is 3. The number of imide groups is 1. The smallest absolute Gasteiger partial charge is 0.244 e. The van der Waals surface area contributed by atoms with E-state index in [4.69, 9.17) is 0 Å². The van der Waals surface area contributed by atoms with Crippen molar-refractivity contribution in [2.75, 3.05) is 0 Å². The Kier molecular flexibility index (Phi) is 3.06. The van der Waals surface area contributed by atoms with Crippen LogP contribution in [-0.4, -0.2) is 11.8 Å². The van der Waals surface area contributed by atoms with Crippen molar-refractivity contribution in [2.45, 2.75) is 31.6 Å². The minimum absolute atomic E-state index is 0.194. The van der Waals surface area contributed by atoms with E-state index in [2.05, 4.69) is 11.4 Å². The van der Waals surface area contributed by atoms with Crippen LogP contribution in [0.1, 0.15) is 37.2 Å². The second-order valence-corrected chi connectivity index (χ2v) is 5.68. The number of rotatable bonds is 1. The van der Waals surface area contributed by atoms with Gasteiger partial charge in [-0.3, -0.25) is 14.9 Å². The fourth-order valence-electron chi connectivity index (χ4n) is 3.77. The summed E-state index contributed by atoms with van der Waals surface area (Å²) in [5, 5.41) is 11.8. The average molecular weight is 268 g/mol. The molecule has 1 N–H and O–H groups in total. The van der Waals surface area contributed by atoms with Crippen LogP contribution < -0.4 is 5.32 Å². The maximum Gasteiger partial charge on any atom is 0.244 e. The predicted octanol–water partition coefficient (Wildman–Crippen LogP) is 2.13. The van der Waals surface area contributed by atoms with Gasteiger partial charge in [0.05, 0.1) is 11.5 Å². The molecule has 3 rings (SSSR count). The molecular weight excluding hydrogens is 252 g/mol. The van der Waals surface area contributed by atoms with Crippen LogP contribution >= 0.6 is 0 Å². The first-order valence-electron chi connectivity index (χ1n) is 6.99. The van der Waals surface area contributed by atoms with Gasteiger partial charge in [0.25, 0.3) is 0 Å². The summed E-state index contributed by atoms with van der Waals surface area (Å²) in [5.74, 6) is -1.75. The van der Waals surface area contributed by atoms with Crippen molar-refractivity contribution < 1.29 is 9.59 Å². The Bertz CT molecular complexity index is 582. The fraction of sp³-hybridized carbons (Fsp3) is 0.438. The second kappa shape index (κ2) is 4.75. The van der Waals surface area contributed by atoms with Crippen LogP contribution in [0.2, 0.25) is 0 Å². The third kappa shape index (κ3) is 1.74. The minimum Gasteiger partial charge on any atom is -0.295 e. The highest BCUT2D eigenvalue weighted by molar-refractivity contribution is 6.04. The molecule has 1 spiro atoms. The van der Waals surface area contributed by atoms with Gasteiger partial charge in [-0.05, 0) is 18.4 Å². The molecule has 2 unspecified atom stereocenters. The van der Waals surface area contributed by atoms with E-state index in [-0.39, 0.29) is 11.8 Å². The van der Waals surface area contributed by atoms with Gasteiger partial charge < -0.3 is 0 Å². The van der Waals surface area contributed by atoms with Crippen molar-refractivity contribution in [2.24, 2.45) is 11.3 Å². The maximum atomic E-state index is 12.4. The Labute approximate surface area is 117 Å². The van der Waals surface area contributed by atoms with Crippen LogP contribution in [0.5, 0.6) is 0 Å². The fourth-order valence-corrected chi connectivity index (χ4v) is 3.77. The lowest BCUT2D eigenvalue weighted by molar-refractivity contribution is -0.145. The van der Waals surface area contributed by atoms with E-state index in [1.165, 1.54) is 0 Å². The molecule has 1 aromatic carbocycles. The number of carbonyl (C=O) groups is 2. The summed E-state index contributed by atoms with van der Waals surface area (Å²) in [7, 11) is 0. The number of amides is 2. The highest BCUT2D eigenvalue weighted by Gasteiger charge is 2.56. The van der Waals surface area contributed by atoms with Gasteiger partial charge in [-0.2, -0.15) is 5.26 Å². The van der Waals surface area contributed by atoms with Crippen LogP contribution in [0, 0.1) is 22.7 Å². The molecule has 1 saturated carbocycles. The van der Waals surface area contributed by atoms with Crippen LogP contribution in [-0.2, 0) is 9.59 Å². The van der Waals surface area contributed by atoms with Crippen LogP contribution in [0.25, 0.3) is 0 Å². The van der Waals surface area contributed by atoms with Crippen LogP contribution in [0.3, 0.4) is 0 Å². The Morgan fingerprint density at radius 2 is 1.80 bits per heavy atom. The third-order valence-electron chi connectivity index (χ3n) is 4.69. The molecule has 0 radical (unpaired) electrons. The lowest BCUT2D eigenvalue weighted by Gasteiger charge is -2.42. The van der Waals surface area contributed by atoms with E-state index < -0.39 is 17.2 Å². The van der Waals surface area contributed by atoms with Gasteiger partial charge >= 0.3 is 0 Å². The molecule has 4 heteroatoms. The van der Waals surface area contributed by atoms with E-state index in [1.54, 1.807) is 0 Å². The van der Waals surface area contributed by atoms with Crippen molar-refractivity contribution >= 4 is 11.8 Å². The van der Waals surface area contributed by atoms with E-state index in [9.17, 15) is 14.9 Å². The average Bonchev–Trinajstić information content (AvgIpc) is 2.94. The van der Waals surface area contributed by atoms with E-state index in [0.29, 0.717) is 0 Å². The number of piperidine rings is 1. The molecule has 1 aliphatic heterocycles. The molecule has 1 saturated heterocycles. The zero-order valence-corrected chi connectivity index (χ0v) is 11.1. The molecule has 0 aromatic heterocycles. The van der Waals surface area contributed by atoms with Crippen LogP contribution in [0.4, 0.5) is 0 Å². The van der Waals surface area contributed by atoms with E-state index in [0.717, 1.165) is 31.2 Å². The van der Waals surface area contributed by atoms with Crippen molar-refractivity contribution in [3.05, 3.63) is 35.9 Å². The zero-order chi connectivity index (χ0) is 14.2. The summed E-state index contributed by atoms with van der Waals surface area (Å²) in [6, 6.07) is 11.6. The Hall–Kier alpha value is -2.15. The molecule has 0 bridgehead atoms. The highest BCUT2D eigenvalue weighted by atomic mass is 16.2. The molecular formula is C16H16N2O2. The molecule has 2 aliphatic rings. The first-order chi connectivity index (χ1) is 9.69. The largest absolute Gasteiger partial charge is 0.295 e. The SMILES string of the molecule is N#CC1C(=O)NC(=O)C2(CCCC2)C1c1ccccc1. The zero-order valence-electron chi connectivity index (χ0n) is 11.1. The van der Waals surface area contributed by atoms with Crippen molar-refractivity contribution in [3.8, 4) is 6.07 Å². The maximum absolute atomic E-state index is 12.4. The van der Waals surface area contributed by atoms with Gasteiger partial charge in [0.2, 0.25) is 11.8 Å². The van der Waals surface area contributed by atoms with Gasteiger partial charge in [0, 0.05) is 5.92 Å². The number of hydrogen-bond donors (Lipinski definition) is 1. The Balaban J connectivity index is 2.14. The van der Waals surface area contributed by atoms with E-state index >= 15 is 0 Å². The number of nitrogens with one attached hydrogen (secondary N) is 1. The summed E-state index contributed by atoms with van der Waals surface area (Å²) in [6.07, 6.45) is 3.46. The van der Waals surface area contributed by atoms with Crippen LogP contribution in [0.15, 0.2) is 30.3 Å². The molecule has 1 aromatic rings. The van der Waals surface area contributed by atoms with Gasteiger partial charge in [-0.1, -0.05) is 43.2 Å². The van der Waals surface area contributed by atoms with Crippen molar-refractivity contribution in [1.82, 2.24) is 5.32 Å². The first-order valence-corrected chi connectivity index (χ1v) is 6.99. The van der Waals surface area contributed by atoms with E-state index in [1.807, 2.05) is 30.3 Å². The van der Waals surface area contributed by atoms with Gasteiger partial charge in [0.1, 0.15) is 5.92 Å². The van der Waals surface area contributed by atoms with Crippen molar-refractivity contribution in [3.63, 3.8) is 0 Å². The second-order valence-electron chi connectivity index (χ2n) is 5.68. The number of benzene rings is 1. The molecule has 2 fully saturated rings. The Morgan fingerprint density at radius 3 is 2.40 bits per heavy atom. The summed E-state index contributed by atoms with van der Waals surface area (Å²) in [4.78, 5) is 24.4. The van der Waals surface area contributed by atoms with Gasteiger partial charge in [-0.15, -0.1) is 0 Å². The first kappa shape index (κ1) is 12.9. The lowest BCUT2D eigenvalue weighted by atomic mass is 9.62. The normalized spacial score (nSPS) is 28.1. The number of carbonyl (C=O) groups excluding carboxylic acids is 2. The molecule has 4 nitrogen and oxygen atoms in total. The number of nitrogens with zero attached hydrogens (tertiary/aromatic N) is 1. The van der Waals surface area contributed by atoms with Gasteiger partial charge in [0.15, 0.2) is 0 Å². The molecule has 102 valence electrons. The molecule has 1 aliphatic carbocycles. The quantitative estimate of drug-likeness (QED) is 0.793.